The molecule has 0 aliphatic heterocycles. The number of hydrogen-bond acceptors (Lipinski definition) is 3. The standard InChI is InChI=1S/C25H32ClFN2O3/c1-6-18(5)28-25(31)22(7-2)29(14-19-8-10-20(27)11-9-19)23(30)15-32-21-12-16(3)24(26)17(4)13-21/h8-13,18,22H,6-7,14-15H2,1-5H3,(H,28,31). The maximum absolute atomic E-state index is 13.3. The SMILES string of the molecule is CCC(C)NC(=O)C(CC)N(Cc1ccc(F)cc1)C(=O)COc1cc(C)c(Cl)c(C)c1. The molecule has 0 aromatic heterocycles. The number of nitrogens with one attached hydrogen (secondary N) is 1. The van der Waals surface area contributed by atoms with Gasteiger partial charge in [0.25, 0.3) is 5.91 Å². The van der Waals surface area contributed by atoms with Crippen LogP contribution in [0.4, 0.5) is 4.39 Å². The summed E-state index contributed by atoms with van der Waals surface area (Å²) in [4.78, 5) is 27.6. The summed E-state index contributed by atoms with van der Waals surface area (Å²) in [6.07, 6.45) is 1.22. The topological polar surface area (TPSA) is 58.6 Å². The highest BCUT2D eigenvalue weighted by atomic mass is 35.5. The summed E-state index contributed by atoms with van der Waals surface area (Å²) in [5.74, 6) is -0.359. The molecule has 0 saturated carbocycles. The lowest BCUT2D eigenvalue weighted by Gasteiger charge is -2.31. The van der Waals surface area contributed by atoms with Crippen LogP contribution in [0.15, 0.2) is 36.4 Å². The molecular weight excluding hydrogens is 431 g/mol. The van der Waals surface area contributed by atoms with Gasteiger partial charge in [-0.2, -0.15) is 0 Å². The first-order chi connectivity index (χ1) is 15.2. The van der Waals surface area contributed by atoms with Crippen LogP contribution in [-0.4, -0.2) is 35.4 Å². The van der Waals surface area contributed by atoms with Crippen molar-refractivity contribution in [3.05, 3.63) is 63.9 Å². The van der Waals surface area contributed by atoms with Gasteiger partial charge in [0, 0.05) is 17.6 Å². The van der Waals surface area contributed by atoms with Crippen LogP contribution in [0, 0.1) is 19.7 Å². The molecule has 1 N–H and O–H groups in total. The minimum atomic E-state index is -0.668. The summed E-state index contributed by atoms with van der Waals surface area (Å²) < 4.78 is 19.1. The van der Waals surface area contributed by atoms with Crippen LogP contribution in [0.2, 0.25) is 5.02 Å². The Hall–Kier alpha value is -2.60. The van der Waals surface area contributed by atoms with Gasteiger partial charge in [0.05, 0.1) is 0 Å². The number of carbonyl (C=O) groups excluding carboxylic acids is 2. The molecule has 7 heteroatoms. The number of halogens is 2. The van der Waals surface area contributed by atoms with Crippen LogP contribution >= 0.6 is 11.6 Å². The van der Waals surface area contributed by atoms with Crippen molar-refractivity contribution in [2.24, 2.45) is 0 Å². The molecule has 32 heavy (non-hydrogen) atoms. The van der Waals surface area contributed by atoms with E-state index in [4.69, 9.17) is 16.3 Å². The van der Waals surface area contributed by atoms with Crippen molar-refractivity contribution < 1.29 is 18.7 Å². The number of rotatable bonds is 10. The third kappa shape index (κ3) is 6.95. The van der Waals surface area contributed by atoms with Crippen LogP contribution in [0.1, 0.15) is 50.3 Å². The Morgan fingerprint density at radius 3 is 2.22 bits per heavy atom. The Labute approximate surface area is 194 Å². The Morgan fingerprint density at radius 2 is 1.69 bits per heavy atom. The molecule has 0 spiro atoms. The summed E-state index contributed by atoms with van der Waals surface area (Å²) in [7, 11) is 0. The zero-order valence-electron chi connectivity index (χ0n) is 19.4. The van der Waals surface area contributed by atoms with E-state index in [9.17, 15) is 14.0 Å². The lowest BCUT2D eigenvalue weighted by molar-refractivity contribution is -0.143. The highest BCUT2D eigenvalue weighted by molar-refractivity contribution is 6.32. The molecule has 0 saturated heterocycles. The molecule has 2 aromatic carbocycles. The molecule has 0 fully saturated rings. The highest BCUT2D eigenvalue weighted by Gasteiger charge is 2.29. The first kappa shape index (κ1) is 25.7. The van der Waals surface area contributed by atoms with E-state index in [1.54, 1.807) is 24.3 Å². The van der Waals surface area contributed by atoms with Crippen molar-refractivity contribution in [3.8, 4) is 5.75 Å². The van der Waals surface area contributed by atoms with Crippen LogP contribution in [0.25, 0.3) is 0 Å². The summed E-state index contributed by atoms with van der Waals surface area (Å²) in [5.41, 5.74) is 2.45. The Bertz CT molecular complexity index is 910. The molecular formula is C25H32ClFN2O3. The van der Waals surface area contributed by atoms with Gasteiger partial charge in [-0.25, -0.2) is 4.39 Å². The number of benzene rings is 2. The third-order valence-electron chi connectivity index (χ3n) is 5.43. The molecule has 0 bridgehead atoms. The second-order valence-electron chi connectivity index (χ2n) is 8.05. The van der Waals surface area contributed by atoms with E-state index in [1.807, 2.05) is 34.6 Å². The van der Waals surface area contributed by atoms with Crippen molar-refractivity contribution in [2.75, 3.05) is 6.61 Å². The number of ether oxygens (including phenoxy) is 1. The molecule has 0 aliphatic carbocycles. The predicted octanol–water partition coefficient (Wildman–Crippen LogP) is 5.20. The molecule has 2 aromatic rings. The van der Waals surface area contributed by atoms with E-state index in [-0.39, 0.29) is 36.8 Å². The van der Waals surface area contributed by atoms with Crippen LogP contribution in [-0.2, 0) is 16.1 Å². The smallest absolute Gasteiger partial charge is 0.261 e. The summed E-state index contributed by atoms with van der Waals surface area (Å²) in [6.45, 7) is 9.46. The van der Waals surface area contributed by atoms with Gasteiger partial charge in [0.2, 0.25) is 5.91 Å². The molecule has 174 valence electrons. The van der Waals surface area contributed by atoms with Gasteiger partial charge in [-0.05, 0) is 74.6 Å². The van der Waals surface area contributed by atoms with Crippen molar-refractivity contribution in [3.63, 3.8) is 0 Å². The van der Waals surface area contributed by atoms with Gasteiger partial charge >= 0.3 is 0 Å². The van der Waals surface area contributed by atoms with E-state index < -0.39 is 6.04 Å². The van der Waals surface area contributed by atoms with Crippen molar-refractivity contribution >= 4 is 23.4 Å². The maximum Gasteiger partial charge on any atom is 0.261 e. The Kier molecular flexibility index (Phi) is 9.51. The average Bonchev–Trinajstić information content (AvgIpc) is 2.76. The quantitative estimate of drug-likeness (QED) is 0.528. The van der Waals surface area contributed by atoms with Crippen LogP contribution in [0.5, 0.6) is 5.75 Å². The first-order valence-electron chi connectivity index (χ1n) is 10.9. The molecule has 2 unspecified atom stereocenters. The first-order valence-corrected chi connectivity index (χ1v) is 11.3. The third-order valence-corrected chi connectivity index (χ3v) is 6.02. The number of carbonyl (C=O) groups is 2. The number of hydrogen-bond donors (Lipinski definition) is 1. The van der Waals surface area contributed by atoms with Crippen LogP contribution in [0.3, 0.4) is 0 Å². The molecule has 5 nitrogen and oxygen atoms in total. The van der Waals surface area contributed by atoms with Gasteiger partial charge in [-0.1, -0.05) is 37.6 Å². The van der Waals surface area contributed by atoms with Gasteiger partial charge in [0.1, 0.15) is 17.6 Å². The molecule has 0 radical (unpaired) electrons. The zero-order valence-corrected chi connectivity index (χ0v) is 20.1. The average molecular weight is 463 g/mol. The molecule has 0 aliphatic rings. The maximum atomic E-state index is 13.3. The Morgan fingerprint density at radius 1 is 1.09 bits per heavy atom. The largest absolute Gasteiger partial charge is 0.484 e. The Balaban J connectivity index is 2.24. The van der Waals surface area contributed by atoms with E-state index in [2.05, 4.69) is 5.32 Å². The fourth-order valence-electron chi connectivity index (χ4n) is 3.36. The minimum absolute atomic E-state index is 0.00408. The minimum Gasteiger partial charge on any atom is -0.484 e. The van der Waals surface area contributed by atoms with E-state index in [0.717, 1.165) is 23.1 Å². The number of aryl methyl sites for hydroxylation is 2. The van der Waals surface area contributed by atoms with Crippen molar-refractivity contribution in [2.45, 2.75) is 66.1 Å². The lowest BCUT2D eigenvalue weighted by atomic mass is 10.1. The second-order valence-corrected chi connectivity index (χ2v) is 8.43. The normalized spacial score (nSPS) is 12.7. The number of amides is 2. The van der Waals surface area contributed by atoms with Gasteiger partial charge < -0.3 is 15.0 Å². The number of nitrogens with zero attached hydrogens (tertiary/aromatic N) is 1. The van der Waals surface area contributed by atoms with E-state index >= 15 is 0 Å². The fraction of sp³-hybridized carbons (Fsp3) is 0.440. The zero-order chi connectivity index (χ0) is 23.8. The summed E-state index contributed by atoms with van der Waals surface area (Å²) in [5, 5.41) is 3.62. The van der Waals surface area contributed by atoms with Crippen molar-refractivity contribution in [1.29, 1.82) is 0 Å². The van der Waals surface area contributed by atoms with E-state index in [0.29, 0.717) is 17.2 Å². The van der Waals surface area contributed by atoms with Gasteiger partial charge in [-0.15, -0.1) is 0 Å². The van der Waals surface area contributed by atoms with Crippen LogP contribution < -0.4 is 10.1 Å². The molecule has 2 atom stereocenters. The van der Waals surface area contributed by atoms with Crippen molar-refractivity contribution in [1.82, 2.24) is 10.2 Å². The monoisotopic (exact) mass is 462 g/mol. The predicted molar refractivity (Wildman–Crippen MR) is 125 cm³/mol. The molecule has 2 rings (SSSR count). The van der Waals surface area contributed by atoms with Gasteiger partial charge in [-0.3, -0.25) is 9.59 Å². The summed E-state index contributed by atoms with van der Waals surface area (Å²) >= 11 is 6.21. The molecule has 2 amide bonds. The molecule has 0 heterocycles. The second kappa shape index (κ2) is 11.9. The summed E-state index contributed by atoms with van der Waals surface area (Å²) in [6, 6.07) is 8.79. The van der Waals surface area contributed by atoms with E-state index in [1.165, 1.54) is 17.0 Å². The lowest BCUT2D eigenvalue weighted by Crippen LogP contribution is -2.51. The van der Waals surface area contributed by atoms with Gasteiger partial charge in [0.15, 0.2) is 6.61 Å². The highest BCUT2D eigenvalue weighted by Crippen LogP contribution is 2.26. The fourth-order valence-corrected chi connectivity index (χ4v) is 3.47.